The van der Waals surface area contributed by atoms with Crippen LogP contribution in [0.2, 0.25) is 0 Å². The van der Waals surface area contributed by atoms with Crippen molar-refractivity contribution in [2.45, 2.75) is 58.0 Å². The molecule has 7 nitrogen and oxygen atoms in total. The fraction of sp³-hybridized carbons (Fsp3) is 0.875. The highest BCUT2D eigenvalue weighted by atomic mass is 35.5. The molecule has 0 spiro atoms. The zero-order chi connectivity index (χ0) is 17.3. The zero-order valence-corrected chi connectivity index (χ0v) is 16.8. The highest BCUT2D eigenvalue weighted by Gasteiger charge is 2.36. The highest BCUT2D eigenvalue weighted by molar-refractivity contribution is 7.88. The molecule has 2 heterocycles. The van der Waals surface area contributed by atoms with Gasteiger partial charge in [0.1, 0.15) is 0 Å². The maximum Gasteiger partial charge on any atom is 0.229 e. The predicted molar refractivity (Wildman–Crippen MR) is 98.1 cm³/mol. The number of hydrogen-bond acceptors (Lipinski definition) is 6. The molecule has 3 rings (SSSR count). The number of hydrogen-bond donors (Lipinski definition) is 1. The Balaban J connectivity index is 0.00000225. The molecule has 2 aliphatic rings. The van der Waals surface area contributed by atoms with Crippen molar-refractivity contribution >= 4 is 22.4 Å². The summed E-state index contributed by atoms with van der Waals surface area (Å²) in [5.41, 5.74) is 0. The number of nitrogens with zero attached hydrogens (tertiary/aromatic N) is 3. The Morgan fingerprint density at radius 3 is 2.56 bits per heavy atom. The molecule has 2 atom stereocenters. The molecule has 1 aromatic rings. The van der Waals surface area contributed by atoms with Gasteiger partial charge in [0.25, 0.3) is 0 Å². The van der Waals surface area contributed by atoms with Crippen LogP contribution in [-0.2, 0) is 16.6 Å². The average Bonchev–Trinajstić information content (AvgIpc) is 3.17. The minimum Gasteiger partial charge on any atom is -0.339 e. The van der Waals surface area contributed by atoms with Gasteiger partial charge in [-0.3, -0.25) is 4.90 Å². The van der Waals surface area contributed by atoms with Gasteiger partial charge in [0, 0.05) is 25.0 Å². The molecule has 9 heteroatoms. The average molecular weight is 393 g/mol. The minimum atomic E-state index is -3.20. The Morgan fingerprint density at radius 1 is 1.28 bits per heavy atom. The first kappa shape index (κ1) is 20.6. The summed E-state index contributed by atoms with van der Waals surface area (Å²) in [6.07, 6.45) is 5.98. The van der Waals surface area contributed by atoms with Gasteiger partial charge in [0.05, 0.1) is 12.8 Å². The van der Waals surface area contributed by atoms with E-state index in [1.165, 1.54) is 19.1 Å². The summed E-state index contributed by atoms with van der Waals surface area (Å²) in [5, 5.41) is 4.13. The Morgan fingerprint density at radius 2 is 1.96 bits per heavy atom. The normalized spacial score (nSPS) is 25.6. The molecule has 0 radical (unpaired) electrons. The fourth-order valence-corrected chi connectivity index (χ4v) is 4.79. The molecule has 0 unspecified atom stereocenters. The van der Waals surface area contributed by atoms with Crippen LogP contribution in [0.15, 0.2) is 4.52 Å². The zero-order valence-electron chi connectivity index (χ0n) is 15.1. The molecular weight excluding hydrogens is 364 g/mol. The molecule has 144 valence electrons. The number of sulfonamides is 1. The second kappa shape index (κ2) is 8.33. The third-order valence-corrected chi connectivity index (χ3v) is 5.95. The van der Waals surface area contributed by atoms with Gasteiger partial charge in [-0.05, 0) is 24.7 Å². The van der Waals surface area contributed by atoms with Gasteiger partial charge in [0.15, 0.2) is 5.82 Å². The summed E-state index contributed by atoms with van der Waals surface area (Å²) in [4.78, 5) is 6.79. The van der Waals surface area contributed by atoms with E-state index < -0.39 is 10.0 Å². The standard InChI is InChI=1S/C16H28N4O3S.ClH/c1-11(2)13-8-20(9-14(13)19-24(3,21)22)10-15-17-16(23-18-15)12-6-4-5-7-12;/h11-14,19H,4-10H2,1-3H3;1H/t13-,14+;/m1./s1. The molecule has 1 aliphatic carbocycles. The molecule has 25 heavy (non-hydrogen) atoms. The van der Waals surface area contributed by atoms with Crippen LogP contribution < -0.4 is 4.72 Å². The predicted octanol–water partition coefficient (Wildman–Crippen LogP) is 2.15. The van der Waals surface area contributed by atoms with Crippen LogP contribution in [0.3, 0.4) is 0 Å². The van der Waals surface area contributed by atoms with Crippen molar-refractivity contribution < 1.29 is 12.9 Å². The van der Waals surface area contributed by atoms with E-state index in [1.54, 1.807) is 0 Å². The first-order valence-electron chi connectivity index (χ1n) is 8.84. The smallest absolute Gasteiger partial charge is 0.229 e. The molecule has 2 fully saturated rings. The minimum absolute atomic E-state index is 0. The molecule has 1 saturated heterocycles. The number of halogens is 1. The van der Waals surface area contributed by atoms with Crippen molar-refractivity contribution in [3.05, 3.63) is 11.7 Å². The van der Waals surface area contributed by atoms with Crippen LogP contribution in [0, 0.1) is 11.8 Å². The van der Waals surface area contributed by atoms with Crippen LogP contribution in [0.4, 0.5) is 0 Å². The molecule has 0 amide bonds. The van der Waals surface area contributed by atoms with Gasteiger partial charge in [0.2, 0.25) is 15.9 Å². The molecule has 1 aromatic heterocycles. The maximum absolute atomic E-state index is 11.6. The molecule has 1 saturated carbocycles. The lowest BCUT2D eigenvalue weighted by molar-refractivity contribution is 0.282. The van der Waals surface area contributed by atoms with Crippen LogP contribution in [0.5, 0.6) is 0 Å². The van der Waals surface area contributed by atoms with Crippen LogP contribution in [0.1, 0.15) is 57.2 Å². The summed E-state index contributed by atoms with van der Waals surface area (Å²) in [6, 6.07) is -0.0544. The Kier molecular flexibility index (Phi) is 6.87. The van der Waals surface area contributed by atoms with Gasteiger partial charge in [-0.25, -0.2) is 13.1 Å². The maximum atomic E-state index is 11.6. The van der Waals surface area contributed by atoms with Gasteiger partial charge in [-0.1, -0.05) is 31.8 Å². The van der Waals surface area contributed by atoms with Crippen molar-refractivity contribution in [3.63, 3.8) is 0 Å². The van der Waals surface area contributed by atoms with Crippen molar-refractivity contribution in [3.8, 4) is 0 Å². The second-order valence-corrected chi connectivity index (χ2v) is 9.41. The van der Waals surface area contributed by atoms with E-state index in [0.717, 1.165) is 25.3 Å². The third-order valence-electron chi connectivity index (χ3n) is 5.22. The van der Waals surface area contributed by atoms with Crippen molar-refractivity contribution in [2.24, 2.45) is 11.8 Å². The Labute approximate surface area is 156 Å². The summed E-state index contributed by atoms with van der Waals surface area (Å²) >= 11 is 0. The lowest BCUT2D eigenvalue weighted by Crippen LogP contribution is -2.41. The monoisotopic (exact) mass is 392 g/mol. The Hall–Kier alpha value is -0.700. The first-order valence-corrected chi connectivity index (χ1v) is 10.7. The number of rotatable bonds is 6. The molecular formula is C16H29ClN4O3S. The van der Waals surface area contributed by atoms with Crippen LogP contribution >= 0.6 is 12.4 Å². The van der Waals surface area contributed by atoms with E-state index >= 15 is 0 Å². The van der Waals surface area contributed by atoms with E-state index in [1.807, 2.05) is 0 Å². The molecule has 1 aliphatic heterocycles. The van der Waals surface area contributed by atoms with Crippen molar-refractivity contribution in [2.75, 3.05) is 19.3 Å². The molecule has 0 bridgehead atoms. The number of aromatic nitrogens is 2. The SMILES string of the molecule is CC(C)[C@H]1CN(Cc2noc(C3CCCC3)n2)C[C@@H]1NS(C)(=O)=O.Cl. The molecule has 0 aromatic carbocycles. The quantitative estimate of drug-likeness (QED) is 0.797. The Bertz CT molecular complexity index is 658. The van der Waals surface area contributed by atoms with E-state index in [0.29, 0.717) is 36.7 Å². The first-order chi connectivity index (χ1) is 11.3. The van der Waals surface area contributed by atoms with E-state index in [9.17, 15) is 8.42 Å². The van der Waals surface area contributed by atoms with Crippen molar-refractivity contribution in [1.29, 1.82) is 0 Å². The number of nitrogens with one attached hydrogen (secondary N) is 1. The van der Waals surface area contributed by atoms with Gasteiger partial charge >= 0.3 is 0 Å². The fourth-order valence-electron chi connectivity index (χ4n) is 3.99. The van der Waals surface area contributed by atoms with E-state index in [4.69, 9.17) is 4.52 Å². The van der Waals surface area contributed by atoms with Gasteiger partial charge in [-0.2, -0.15) is 4.98 Å². The van der Waals surface area contributed by atoms with Gasteiger partial charge < -0.3 is 4.52 Å². The lowest BCUT2D eigenvalue weighted by Gasteiger charge is -2.21. The molecule has 1 N–H and O–H groups in total. The van der Waals surface area contributed by atoms with E-state index in [2.05, 4.69) is 33.6 Å². The summed E-state index contributed by atoms with van der Waals surface area (Å²) in [7, 11) is -3.20. The largest absolute Gasteiger partial charge is 0.339 e. The van der Waals surface area contributed by atoms with Crippen molar-refractivity contribution in [1.82, 2.24) is 19.8 Å². The third kappa shape index (κ3) is 5.39. The van der Waals surface area contributed by atoms with Gasteiger partial charge in [-0.15, -0.1) is 12.4 Å². The second-order valence-electron chi connectivity index (χ2n) is 7.63. The highest BCUT2D eigenvalue weighted by Crippen LogP contribution is 2.33. The topological polar surface area (TPSA) is 88.3 Å². The summed E-state index contributed by atoms with van der Waals surface area (Å²) in [6.45, 7) is 6.41. The van der Waals surface area contributed by atoms with Crippen LogP contribution in [0.25, 0.3) is 0 Å². The summed E-state index contributed by atoms with van der Waals surface area (Å²) < 4.78 is 31.4. The van der Waals surface area contributed by atoms with Crippen LogP contribution in [-0.4, -0.2) is 48.8 Å². The lowest BCUT2D eigenvalue weighted by atomic mass is 9.92. The summed E-state index contributed by atoms with van der Waals surface area (Å²) in [5.74, 6) is 2.61. The number of likely N-dealkylation sites (tertiary alicyclic amines) is 1. The van der Waals surface area contributed by atoms with E-state index in [-0.39, 0.29) is 18.4 Å².